The lowest BCUT2D eigenvalue weighted by Crippen LogP contribution is -2.56. The van der Waals surface area contributed by atoms with E-state index in [4.69, 9.17) is 14.2 Å². The third-order valence-electron chi connectivity index (χ3n) is 13.1. The summed E-state index contributed by atoms with van der Waals surface area (Å²) in [6.07, 6.45) is 28.1. The number of thioether (sulfide) groups is 1. The van der Waals surface area contributed by atoms with Gasteiger partial charge in [0.2, 0.25) is 11.8 Å². The number of aliphatic hydroxyl groups excluding tert-OH is 4. The summed E-state index contributed by atoms with van der Waals surface area (Å²) in [5.74, 6) is -1.32. The number of unbranched alkanes of at least 4 members (excludes halogenated alkanes) is 27. The van der Waals surface area contributed by atoms with Crippen LogP contribution in [-0.2, 0) is 33.4 Å². The van der Waals surface area contributed by atoms with Gasteiger partial charge in [0.05, 0.1) is 12.8 Å². The smallest absolute Gasteiger partial charge is 0.306 e. The Labute approximate surface area is 425 Å². The largest absolute Gasteiger partial charge is 0.462 e. The molecule has 1 aromatic rings. The minimum absolute atomic E-state index is 0.0333. The van der Waals surface area contributed by atoms with E-state index < -0.39 is 55.3 Å². The van der Waals surface area contributed by atoms with Gasteiger partial charge in [-0.1, -0.05) is 199 Å². The van der Waals surface area contributed by atoms with Crippen LogP contribution in [0.15, 0.2) is 6.20 Å². The first kappa shape index (κ1) is 63.3. The first-order chi connectivity index (χ1) is 34.0. The molecule has 1 fully saturated rings. The highest BCUT2D eigenvalue weighted by Gasteiger charge is 2.45. The zero-order valence-corrected chi connectivity index (χ0v) is 44.5. The topological polar surface area (TPSA) is 232 Å². The van der Waals surface area contributed by atoms with Crippen molar-refractivity contribution in [3.63, 3.8) is 0 Å². The van der Waals surface area contributed by atoms with Gasteiger partial charge in [0.25, 0.3) is 0 Å². The fourth-order valence-electron chi connectivity index (χ4n) is 8.64. The summed E-state index contributed by atoms with van der Waals surface area (Å²) in [6.45, 7) is 5.91. The van der Waals surface area contributed by atoms with E-state index in [0.717, 1.165) is 68.9 Å². The SMILES string of the molecule is CCCCCCCCCCCCC(=O)N[C@H](CSC[C@@H](COC(=O)CCCCCCCCCCCC)OC(=O)CCCCCCCCCCCC)C(=O)Nc1cn([C@H]2OC(CO)C(O)C(O)C2O)nn1. The molecule has 1 saturated heterocycles. The standard InChI is InChI=1S/C53H97N5O11S/c1-4-7-10-13-16-19-22-25-28-31-34-46(60)54-43(52(66)55-45-37-58(57-56-45)53-51(65)50(64)49(63)44(38-59)69-53)41-70-40-42(68-48(62)36-33-30-27-24-21-18-15-12-9-6-3)39-67-47(61)35-32-29-26-23-20-17-14-11-8-5-2/h37,42-44,49-51,53,59,63-65H,4-36,38-41H2,1-3H3,(H,54,60)(H,55,66)/t42-,43-,44?,49?,50?,51?,53+/m1/s1. The van der Waals surface area contributed by atoms with E-state index in [1.54, 1.807) is 0 Å². The highest BCUT2D eigenvalue weighted by atomic mass is 32.2. The van der Waals surface area contributed by atoms with Crippen molar-refractivity contribution in [1.82, 2.24) is 20.3 Å². The summed E-state index contributed by atoms with van der Waals surface area (Å²) in [7, 11) is 0. The molecule has 0 aliphatic carbocycles. The van der Waals surface area contributed by atoms with Gasteiger partial charge in [0, 0.05) is 30.8 Å². The summed E-state index contributed by atoms with van der Waals surface area (Å²) in [5, 5.41) is 54.2. The highest BCUT2D eigenvalue weighted by Crippen LogP contribution is 2.28. The third-order valence-corrected chi connectivity index (χ3v) is 14.3. The lowest BCUT2D eigenvalue weighted by atomic mass is 9.98. The number of amides is 2. The molecule has 1 aliphatic heterocycles. The molecule has 16 nitrogen and oxygen atoms in total. The number of aliphatic hydroxyl groups is 4. The molecule has 0 bridgehead atoms. The molecule has 1 aromatic heterocycles. The van der Waals surface area contributed by atoms with E-state index in [1.807, 2.05) is 0 Å². The number of esters is 2. The molecular formula is C53H97N5O11S. The van der Waals surface area contributed by atoms with Crippen molar-refractivity contribution in [2.75, 3.05) is 30.0 Å². The van der Waals surface area contributed by atoms with E-state index in [-0.39, 0.29) is 61.0 Å². The zero-order valence-electron chi connectivity index (χ0n) is 43.7. The Morgan fingerprint density at radius 1 is 0.629 bits per heavy atom. The predicted octanol–water partition coefficient (Wildman–Crippen LogP) is 9.79. The maximum Gasteiger partial charge on any atom is 0.306 e. The monoisotopic (exact) mass is 1010 g/mol. The summed E-state index contributed by atoms with van der Waals surface area (Å²) >= 11 is 1.29. The molecule has 4 unspecified atom stereocenters. The Hall–Kier alpha value is -2.83. The van der Waals surface area contributed by atoms with Crippen molar-refractivity contribution in [3.05, 3.63) is 6.20 Å². The van der Waals surface area contributed by atoms with Crippen molar-refractivity contribution in [2.45, 2.75) is 275 Å². The number of carbonyl (C=O) groups excluding carboxylic acids is 4. The number of anilines is 1. The molecule has 0 radical (unpaired) electrons. The third kappa shape index (κ3) is 29.6. The van der Waals surface area contributed by atoms with Gasteiger partial charge in [-0.15, -0.1) is 5.10 Å². The van der Waals surface area contributed by atoms with E-state index in [2.05, 4.69) is 41.7 Å². The highest BCUT2D eigenvalue weighted by molar-refractivity contribution is 7.99. The fraction of sp³-hybridized carbons (Fsp3) is 0.887. The maximum atomic E-state index is 13.9. The number of aromatic nitrogens is 3. The Morgan fingerprint density at radius 2 is 1.09 bits per heavy atom. The van der Waals surface area contributed by atoms with Crippen molar-refractivity contribution < 1.29 is 53.8 Å². The second kappa shape index (κ2) is 41.6. The van der Waals surface area contributed by atoms with Gasteiger partial charge < -0.3 is 45.3 Å². The van der Waals surface area contributed by atoms with Crippen LogP contribution >= 0.6 is 11.8 Å². The molecule has 17 heteroatoms. The van der Waals surface area contributed by atoms with Gasteiger partial charge in [0.1, 0.15) is 43.2 Å². The molecule has 7 atom stereocenters. The van der Waals surface area contributed by atoms with E-state index in [1.165, 1.54) is 134 Å². The van der Waals surface area contributed by atoms with Crippen LogP contribution in [0.25, 0.3) is 0 Å². The van der Waals surface area contributed by atoms with Gasteiger partial charge in [-0.05, 0) is 19.3 Å². The molecule has 70 heavy (non-hydrogen) atoms. The molecule has 2 rings (SSSR count). The second-order valence-corrected chi connectivity index (χ2v) is 20.6. The van der Waals surface area contributed by atoms with Crippen LogP contribution in [0, 0.1) is 0 Å². The normalized spacial score (nSPS) is 18.9. The van der Waals surface area contributed by atoms with E-state index in [9.17, 15) is 39.6 Å². The average molecular weight is 1010 g/mol. The summed E-state index contributed by atoms with van der Waals surface area (Å²) in [6, 6.07) is -1.04. The van der Waals surface area contributed by atoms with Gasteiger partial charge >= 0.3 is 11.9 Å². The number of rotatable bonds is 45. The summed E-state index contributed by atoms with van der Waals surface area (Å²) in [5.41, 5.74) is 0. The lowest BCUT2D eigenvalue weighted by molar-refractivity contribution is -0.254. The average Bonchev–Trinajstić information content (AvgIpc) is 3.81. The van der Waals surface area contributed by atoms with Crippen LogP contribution in [0.5, 0.6) is 0 Å². The van der Waals surface area contributed by atoms with Crippen molar-refractivity contribution in [1.29, 1.82) is 0 Å². The molecule has 2 heterocycles. The van der Waals surface area contributed by atoms with Gasteiger partial charge in [-0.25, -0.2) is 4.68 Å². The molecule has 0 spiro atoms. The second-order valence-electron chi connectivity index (χ2n) is 19.5. The van der Waals surface area contributed by atoms with Crippen LogP contribution in [-0.4, -0.2) is 120 Å². The number of carbonyl (C=O) groups is 4. The Kier molecular flexibility index (Phi) is 37.6. The summed E-state index contributed by atoms with van der Waals surface area (Å²) < 4.78 is 18.2. The van der Waals surface area contributed by atoms with E-state index >= 15 is 0 Å². The predicted molar refractivity (Wildman–Crippen MR) is 277 cm³/mol. The number of ether oxygens (including phenoxy) is 3. The maximum absolute atomic E-state index is 13.9. The fourth-order valence-corrected chi connectivity index (χ4v) is 9.68. The minimum Gasteiger partial charge on any atom is -0.462 e. The first-order valence-electron chi connectivity index (χ1n) is 27.8. The summed E-state index contributed by atoms with van der Waals surface area (Å²) in [4.78, 5) is 53.1. The molecule has 0 aromatic carbocycles. The Morgan fingerprint density at radius 3 is 1.57 bits per heavy atom. The molecule has 0 saturated carbocycles. The van der Waals surface area contributed by atoms with Gasteiger partial charge in [-0.2, -0.15) is 11.8 Å². The number of hydrogen-bond donors (Lipinski definition) is 6. The van der Waals surface area contributed by atoms with Crippen LogP contribution in [0.2, 0.25) is 0 Å². The molecular weight excluding hydrogens is 915 g/mol. The number of nitrogens with one attached hydrogen (secondary N) is 2. The quantitative estimate of drug-likeness (QED) is 0.0264. The number of hydrogen-bond acceptors (Lipinski definition) is 14. The van der Waals surface area contributed by atoms with Crippen LogP contribution in [0.1, 0.15) is 239 Å². The van der Waals surface area contributed by atoms with Crippen LogP contribution in [0.4, 0.5) is 5.82 Å². The Balaban J connectivity index is 2.04. The number of nitrogens with zero attached hydrogens (tertiary/aromatic N) is 3. The van der Waals surface area contributed by atoms with Gasteiger partial charge in [-0.3, -0.25) is 19.2 Å². The van der Waals surface area contributed by atoms with Crippen molar-refractivity contribution >= 4 is 41.3 Å². The zero-order chi connectivity index (χ0) is 51.0. The van der Waals surface area contributed by atoms with Crippen LogP contribution in [0.3, 0.4) is 0 Å². The van der Waals surface area contributed by atoms with Gasteiger partial charge in [0.15, 0.2) is 12.0 Å². The molecule has 2 amide bonds. The minimum atomic E-state index is -1.64. The molecule has 406 valence electrons. The lowest BCUT2D eigenvalue weighted by Gasteiger charge is -2.39. The van der Waals surface area contributed by atoms with Crippen molar-refractivity contribution in [3.8, 4) is 0 Å². The van der Waals surface area contributed by atoms with Crippen LogP contribution < -0.4 is 10.6 Å². The molecule has 6 N–H and O–H groups in total. The van der Waals surface area contributed by atoms with Crippen molar-refractivity contribution in [2.24, 2.45) is 0 Å². The first-order valence-corrected chi connectivity index (χ1v) is 28.9. The molecule has 1 aliphatic rings. The van der Waals surface area contributed by atoms with E-state index in [0.29, 0.717) is 12.8 Å². The Bertz CT molecular complexity index is 1490.